The standard InChI is InChI=1S/C17H15.C8H13.Zr/c1-2-13-11-15-9-6-10-16(17(15)12-13)14-7-4-3-5-8-14;1-5-7(3)8(4)6-2;/h3-12H,2H2,1H3;5H,1-4H3;/q2*-1;+2. The molecule has 0 aromatic heterocycles. The molecule has 0 amide bonds. The van der Waals surface area contributed by atoms with Gasteiger partial charge in [0.2, 0.25) is 0 Å². The Morgan fingerprint density at radius 3 is 2.27 bits per heavy atom. The van der Waals surface area contributed by atoms with Crippen molar-refractivity contribution in [3.8, 4) is 11.1 Å². The van der Waals surface area contributed by atoms with Crippen molar-refractivity contribution in [3.05, 3.63) is 89.5 Å². The number of hydrogen-bond acceptors (Lipinski definition) is 0. The molecule has 132 valence electrons. The largest absolute Gasteiger partial charge is 2.00 e. The summed E-state index contributed by atoms with van der Waals surface area (Å²) in [6.07, 6.45) is 6.25. The quantitative estimate of drug-likeness (QED) is 0.304. The van der Waals surface area contributed by atoms with Crippen LogP contribution in [0.2, 0.25) is 0 Å². The summed E-state index contributed by atoms with van der Waals surface area (Å²) in [6, 6.07) is 21.8. The molecule has 0 nitrogen and oxygen atoms in total. The van der Waals surface area contributed by atoms with Gasteiger partial charge in [-0.2, -0.15) is 12.1 Å². The molecule has 0 aliphatic rings. The van der Waals surface area contributed by atoms with E-state index in [4.69, 9.17) is 0 Å². The van der Waals surface area contributed by atoms with Crippen LogP contribution in [0.1, 0.15) is 40.2 Å². The molecule has 3 rings (SSSR count). The molecular formula is C25H28Zr. The van der Waals surface area contributed by atoms with Gasteiger partial charge in [-0.25, -0.2) is 11.1 Å². The van der Waals surface area contributed by atoms with Crippen LogP contribution in [-0.2, 0) is 32.6 Å². The predicted octanol–water partition coefficient (Wildman–Crippen LogP) is 7.51. The Kier molecular flexibility index (Phi) is 9.67. The Labute approximate surface area is 178 Å². The summed E-state index contributed by atoms with van der Waals surface area (Å²) in [6.45, 7) is 10.3. The van der Waals surface area contributed by atoms with E-state index in [1.165, 1.54) is 38.6 Å². The monoisotopic (exact) mass is 418 g/mol. The van der Waals surface area contributed by atoms with E-state index in [-0.39, 0.29) is 26.2 Å². The average Bonchev–Trinajstić information content (AvgIpc) is 3.11. The van der Waals surface area contributed by atoms with Crippen LogP contribution >= 0.6 is 0 Å². The number of rotatable bonds is 3. The summed E-state index contributed by atoms with van der Waals surface area (Å²) in [4.78, 5) is 0. The third-order valence-corrected chi connectivity index (χ3v) is 4.70. The number of aryl methyl sites for hydroxylation is 1. The minimum absolute atomic E-state index is 0. The first-order valence-electron chi connectivity index (χ1n) is 8.99. The van der Waals surface area contributed by atoms with Crippen molar-refractivity contribution in [2.24, 2.45) is 0 Å². The SMILES string of the molecule is CCc1cc2c(-c3ccccc3)cccc2[cH-]1.C[C-]=C(C)C(C)=CC.[Zr+2]. The molecule has 0 atom stereocenters. The average molecular weight is 420 g/mol. The van der Waals surface area contributed by atoms with Crippen molar-refractivity contribution in [2.45, 2.75) is 41.0 Å². The zero-order valence-corrected chi connectivity index (χ0v) is 19.0. The Bertz CT molecular complexity index is 848. The van der Waals surface area contributed by atoms with Gasteiger partial charge in [-0.05, 0) is 12.0 Å². The Morgan fingerprint density at radius 1 is 1.04 bits per heavy atom. The molecule has 1 heteroatoms. The van der Waals surface area contributed by atoms with Crippen molar-refractivity contribution in [1.29, 1.82) is 0 Å². The topological polar surface area (TPSA) is 0 Å². The normalized spacial score (nSPS) is 11.6. The third-order valence-electron chi connectivity index (χ3n) is 4.70. The van der Waals surface area contributed by atoms with Crippen LogP contribution in [-0.4, -0.2) is 0 Å². The first-order chi connectivity index (χ1) is 12.1. The molecule has 0 aliphatic carbocycles. The molecule has 0 heterocycles. The van der Waals surface area contributed by atoms with E-state index in [1.807, 2.05) is 13.8 Å². The molecule has 0 unspecified atom stereocenters. The molecule has 0 spiro atoms. The number of benzene rings is 2. The molecule has 3 aromatic rings. The van der Waals surface area contributed by atoms with Crippen molar-refractivity contribution in [3.63, 3.8) is 0 Å². The minimum atomic E-state index is 0. The first-order valence-corrected chi connectivity index (χ1v) is 8.99. The minimum Gasteiger partial charge on any atom is -0.275 e. The van der Waals surface area contributed by atoms with E-state index >= 15 is 0 Å². The Morgan fingerprint density at radius 2 is 1.73 bits per heavy atom. The first kappa shape index (κ1) is 22.5. The number of hydrogen-bond donors (Lipinski definition) is 0. The molecule has 0 radical (unpaired) electrons. The summed E-state index contributed by atoms with van der Waals surface area (Å²) < 4.78 is 0. The Balaban J connectivity index is 0.000000325. The van der Waals surface area contributed by atoms with Crippen molar-refractivity contribution < 1.29 is 26.2 Å². The molecule has 0 N–H and O–H groups in total. The van der Waals surface area contributed by atoms with Crippen molar-refractivity contribution in [1.82, 2.24) is 0 Å². The number of allylic oxidation sites excluding steroid dienone is 4. The van der Waals surface area contributed by atoms with Crippen LogP contribution in [0.15, 0.2) is 77.9 Å². The number of fused-ring (bicyclic) bond motifs is 1. The van der Waals surface area contributed by atoms with Crippen LogP contribution in [0.4, 0.5) is 0 Å². The van der Waals surface area contributed by atoms with E-state index < -0.39 is 0 Å². The molecule has 0 fully saturated rings. The van der Waals surface area contributed by atoms with E-state index in [0.29, 0.717) is 0 Å². The van der Waals surface area contributed by atoms with Gasteiger partial charge < -0.3 is 0 Å². The maximum Gasteiger partial charge on any atom is 2.00 e. The van der Waals surface area contributed by atoms with Crippen LogP contribution in [0.25, 0.3) is 21.9 Å². The second kappa shape index (κ2) is 11.2. The third kappa shape index (κ3) is 5.71. The maximum atomic E-state index is 3.06. The molecule has 3 aromatic carbocycles. The molecule has 26 heavy (non-hydrogen) atoms. The van der Waals surface area contributed by atoms with E-state index in [1.54, 1.807) is 0 Å². The van der Waals surface area contributed by atoms with Gasteiger partial charge >= 0.3 is 26.2 Å². The molecule has 0 saturated heterocycles. The molecular weight excluding hydrogens is 391 g/mol. The fraction of sp³-hybridized carbons (Fsp3) is 0.240. The van der Waals surface area contributed by atoms with Crippen molar-refractivity contribution >= 4 is 10.8 Å². The van der Waals surface area contributed by atoms with Gasteiger partial charge in [-0.1, -0.05) is 62.7 Å². The van der Waals surface area contributed by atoms with Crippen LogP contribution < -0.4 is 0 Å². The summed E-state index contributed by atoms with van der Waals surface area (Å²) in [5.74, 6) is 0. The fourth-order valence-electron chi connectivity index (χ4n) is 2.78. The van der Waals surface area contributed by atoms with Crippen LogP contribution in [0.5, 0.6) is 0 Å². The molecule has 0 aliphatic heterocycles. The fourth-order valence-corrected chi connectivity index (χ4v) is 2.78. The molecule has 0 bridgehead atoms. The zero-order valence-electron chi connectivity index (χ0n) is 16.6. The van der Waals surface area contributed by atoms with E-state index in [9.17, 15) is 0 Å². The maximum absolute atomic E-state index is 3.06. The van der Waals surface area contributed by atoms with Crippen molar-refractivity contribution in [2.75, 3.05) is 0 Å². The van der Waals surface area contributed by atoms with E-state index in [2.05, 4.69) is 93.6 Å². The zero-order chi connectivity index (χ0) is 18.2. The predicted molar refractivity (Wildman–Crippen MR) is 112 cm³/mol. The second-order valence-corrected chi connectivity index (χ2v) is 6.24. The summed E-state index contributed by atoms with van der Waals surface area (Å²) in [5, 5.41) is 2.72. The summed E-state index contributed by atoms with van der Waals surface area (Å²) >= 11 is 0. The van der Waals surface area contributed by atoms with Gasteiger partial charge in [-0.3, -0.25) is 6.08 Å². The summed E-state index contributed by atoms with van der Waals surface area (Å²) in [7, 11) is 0. The van der Waals surface area contributed by atoms with Gasteiger partial charge in [0.15, 0.2) is 0 Å². The van der Waals surface area contributed by atoms with Gasteiger partial charge in [0.1, 0.15) is 0 Å². The van der Waals surface area contributed by atoms with Gasteiger partial charge in [0.25, 0.3) is 0 Å². The van der Waals surface area contributed by atoms with Gasteiger partial charge in [-0.15, -0.1) is 48.4 Å². The smallest absolute Gasteiger partial charge is 0.275 e. The Hall–Kier alpha value is -1.59. The van der Waals surface area contributed by atoms with Gasteiger partial charge in [0.05, 0.1) is 0 Å². The van der Waals surface area contributed by atoms with Crippen LogP contribution in [0.3, 0.4) is 0 Å². The van der Waals surface area contributed by atoms with E-state index in [0.717, 1.165) is 6.42 Å². The molecule has 0 saturated carbocycles. The van der Waals surface area contributed by atoms with Gasteiger partial charge in [0, 0.05) is 0 Å². The van der Waals surface area contributed by atoms with Crippen LogP contribution in [0, 0.1) is 6.08 Å². The second-order valence-electron chi connectivity index (χ2n) is 6.24. The summed E-state index contributed by atoms with van der Waals surface area (Å²) in [5.41, 5.74) is 6.61.